The largest absolute Gasteiger partial charge is 0.441 e. The highest BCUT2D eigenvalue weighted by Gasteiger charge is 2.02. The van der Waals surface area contributed by atoms with Crippen molar-refractivity contribution in [2.75, 3.05) is 0 Å². The number of oxazole rings is 1. The van der Waals surface area contributed by atoms with E-state index in [1.54, 1.807) is 6.08 Å². The van der Waals surface area contributed by atoms with Gasteiger partial charge in [0, 0.05) is 6.92 Å². The van der Waals surface area contributed by atoms with E-state index in [1.807, 2.05) is 19.1 Å². The van der Waals surface area contributed by atoms with Crippen LogP contribution in [-0.4, -0.2) is 4.98 Å². The highest BCUT2D eigenvalue weighted by Crippen LogP contribution is 2.13. The molecule has 0 fully saturated rings. The Balaban J connectivity index is 2.96. The van der Waals surface area contributed by atoms with Crippen molar-refractivity contribution in [3.05, 3.63) is 30.0 Å². The molecule has 0 aliphatic carbocycles. The topological polar surface area (TPSA) is 26.0 Å². The van der Waals surface area contributed by atoms with Gasteiger partial charge >= 0.3 is 0 Å². The normalized spacial score (nSPS) is 10.8. The molecule has 0 bridgehead atoms. The van der Waals surface area contributed by atoms with Crippen LogP contribution in [0.15, 0.2) is 17.1 Å². The van der Waals surface area contributed by atoms with Crippen LogP contribution in [0.1, 0.15) is 30.7 Å². The maximum Gasteiger partial charge on any atom is 0.192 e. The van der Waals surface area contributed by atoms with E-state index in [9.17, 15) is 0 Å². The van der Waals surface area contributed by atoms with Gasteiger partial charge in [-0.3, -0.25) is 0 Å². The third kappa shape index (κ3) is 1.84. The zero-order valence-corrected chi connectivity index (χ0v) is 7.50. The molecule has 0 atom stereocenters. The van der Waals surface area contributed by atoms with Crippen molar-refractivity contribution >= 4 is 12.2 Å². The first-order valence-corrected chi connectivity index (χ1v) is 4.04. The molecule has 0 spiro atoms. The Labute approximate surface area is 72.6 Å². The standard InChI is InChI=1S/C10H13NO/c1-4-6-7-10-9(5-2)11-8(3)12-10/h5-7H,2,4H2,1,3H3/b7-6-. The molecule has 1 aromatic heterocycles. The molecule has 2 nitrogen and oxygen atoms in total. The summed E-state index contributed by atoms with van der Waals surface area (Å²) in [5.41, 5.74) is 0.817. The Hall–Kier alpha value is -1.31. The van der Waals surface area contributed by atoms with Crippen molar-refractivity contribution in [1.29, 1.82) is 0 Å². The highest BCUT2D eigenvalue weighted by molar-refractivity contribution is 5.56. The van der Waals surface area contributed by atoms with Crippen LogP contribution < -0.4 is 0 Å². The number of hydrogen-bond acceptors (Lipinski definition) is 2. The number of rotatable bonds is 3. The molecule has 0 saturated heterocycles. The van der Waals surface area contributed by atoms with Crippen LogP contribution in [0.5, 0.6) is 0 Å². The molecule has 0 aromatic carbocycles. The average molecular weight is 163 g/mol. The molecule has 0 aliphatic heterocycles. The Morgan fingerprint density at radius 3 is 2.92 bits per heavy atom. The van der Waals surface area contributed by atoms with E-state index in [4.69, 9.17) is 4.42 Å². The molecule has 1 aromatic rings. The van der Waals surface area contributed by atoms with Crippen LogP contribution in [0.4, 0.5) is 0 Å². The first-order chi connectivity index (χ1) is 5.77. The van der Waals surface area contributed by atoms with E-state index >= 15 is 0 Å². The second-order valence-corrected chi connectivity index (χ2v) is 2.50. The van der Waals surface area contributed by atoms with Crippen LogP contribution in [0, 0.1) is 6.92 Å². The summed E-state index contributed by atoms with van der Waals surface area (Å²) in [5.74, 6) is 1.48. The number of hydrogen-bond donors (Lipinski definition) is 0. The van der Waals surface area contributed by atoms with Gasteiger partial charge in [0.15, 0.2) is 11.7 Å². The third-order valence-electron chi connectivity index (χ3n) is 1.49. The van der Waals surface area contributed by atoms with Crippen LogP contribution in [0.3, 0.4) is 0 Å². The van der Waals surface area contributed by atoms with Gasteiger partial charge in [0.25, 0.3) is 0 Å². The first-order valence-electron chi connectivity index (χ1n) is 4.04. The van der Waals surface area contributed by atoms with E-state index < -0.39 is 0 Å². The lowest BCUT2D eigenvalue weighted by Crippen LogP contribution is -1.73. The molecule has 0 saturated carbocycles. The third-order valence-corrected chi connectivity index (χ3v) is 1.49. The molecule has 64 valence electrons. The van der Waals surface area contributed by atoms with Gasteiger partial charge in [0.05, 0.1) is 0 Å². The second-order valence-electron chi connectivity index (χ2n) is 2.50. The molecule has 0 unspecified atom stereocenters. The van der Waals surface area contributed by atoms with Gasteiger partial charge in [-0.1, -0.05) is 19.6 Å². The minimum absolute atomic E-state index is 0.681. The van der Waals surface area contributed by atoms with Crippen molar-refractivity contribution in [2.45, 2.75) is 20.3 Å². The average Bonchev–Trinajstić information content (AvgIpc) is 2.42. The van der Waals surface area contributed by atoms with Crippen molar-refractivity contribution in [3.63, 3.8) is 0 Å². The summed E-state index contributed by atoms with van der Waals surface area (Å²) in [6.45, 7) is 7.56. The maximum atomic E-state index is 5.34. The number of aryl methyl sites for hydroxylation is 1. The van der Waals surface area contributed by atoms with Gasteiger partial charge in [-0.25, -0.2) is 4.98 Å². The van der Waals surface area contributed by atoms with Crippen molar-refractivity contribution in [1.82, 2.24) is 4.98 Å². The van der Waals surface area contributed by atoms with Gasteiger partial charge in [-0.2, -0.15) is 0 Å². The Bertz CT molecular complexity index is 297. The van der Waals surface area contributed by atoms with E-state index in [0.29, 0.717) is 5.89 Å². The van der Waals surface area contributed by atoms with Crippen LogP contribution in [0.2, 0.25) is 0 Å². The van der Waals surface area contributed by atoms with Crippen LogP contribution >= 0.6 is 0 Å². The van der Waals surface area contributed by atoms with E-state index in [0.717, 1.165) is 17.9 Å². The highest BCUT2D eigenvalue weighted by atomic mass is 16.4. The summed E-state index contributed by atoms with van der Waals surface area (Å²) in [6.07, 6.45) is 6.66. The second kappa shape index (κ2) is 3.90. The molecule has 2 heteroatoms. The predicted octanol–water partition coefficient (Wildman–Crippen LogP) is 3.05. The van der Waals surface area contributed by atoms with E-state index in [-0.39, 0.29) is 0 Å². The van der Waals surface area contributed by atoms with Crippen molar-refractivity contribution in [3.8, 4) is 0 Å². The smallest absolute Gasteiger partial charge is 0.192 e. The molecule has 0 aliphatic rings. The fourth-order valence-electron chi connectivity index (χ4n) is 0.949. The summed E-state index contributed by atoms with van der Waals surface area (Å²) in [6, 6.07) is 0. The molecule has 1 heterocycles. The lowest BCUT2D eigenvalue weighted by Gasteiger charge is -1.85. The van der Waals surface area contributed by atoms with Crippen LogP contribution in [-0.2, 0) is 0 Å². The molecule has 1 rings (SSSR count). The van der Waals surface area contributed by atoms with Crippen molar-refractivity contribution < 1.29 is 4.42 Å². The molecule has 0 N–H and O–H groups in total. The van der Waals surface area contributed by atoms with Gasteiger partial charge in [0.2, 0.25) is 0 Å². The molecule has 12 heavy (non-hydrogen) atoms. The predicted molar refractivity (Wildman–Crippen MR) is 50.7 cm³/mol. The zero-order valence-electron chi connectivity index (χ0n) is 7.50. The summed E-state index contributed by atoms with van der Waals surface area (Å²) in [4.78, 5) is 4.15. The molecule has 0 amide bonds. The Morgan fingerprint density at radius 1 is 1.58 bits per heavy atom. The fourth-order valence-corrected chi connectivity index (χ4v) is 0.949. The first kappa shape index (κ1) is 8.78. The zero-order chi connectivity index (χ0) is 8.97. The number of nitrogens with zero attached hydrogens (tertiary/aromatic N) is 1. The van der Waals surface area contributed by atoms with Crippen LogP contribution in [0.25, 0.3) is 12.2 Å². The molecular formula is C10H13NO. The summed E-state index contributed by atoms with van der Waals surface area (Å²) < 4.78 is 5.34. The Kier molecular flexibility index (Phi) is 2.86. The quantitative estimate of drug-likeness (QED) is 0.684. The minimum Gasteiger partial charge on any atom is -0.441 e. The number of aromatic nitrogens is 1. The van der Waals surface area contributed by atoms with Gasteiger partial charge in [-0.15, -0.1) is 0 Å². The van der Waals surface area contributed by atoms with E-state index in [2.05, 4.69) is 18.5 Å². The lowest BCUT2D eigenvalue weighted by atomic mass is 10.3. The monoisotopic (exact) mass is 163 g/mol. The van der Waals surface area contributed by atoms with Gasteiger partial charge < -0.3 is 4.42 Å². The summed E-state index contributed by atoms with van der Waals surface area (Å²) in [7, 11) is 0. The summed E-state index contributed by atoms with van der Waals surface area (Å²) >= 11 is 0. The Morgan fingerprint density at radius 2 is 2.33 bits per heavy atom. The summed E-state index contributed by atoms with van der Waals surface area (Å²) in [5, 5.41) is 0. The molecular weight excluding hydrogens is 150 g/mol. The minimum atomic E-state index is 0.681. The maximum absolute atomic E-state index is 5.34. The fraction of sp³-hybridized carbons (Fsp3) is 0.300. The van der Waals surface area contributed by atoms with Gasteiger partial charge in [0.1, 0.15) is 5.69 Å². The lowest BCUT2D eigenvalue weighted by molar-refractivity contribution is 0.512. The van der Waals surface area contributed by atoms with Gasteiger partial charge in [-0.05, 0) is 18.6 Å². The SMILES string of the molecule is C=Cc1nc(C)oc1/C=C\CC. The molecule has 0 radical (unpaired) electrons. The van der Waals surface area contributed by atoms with Crippen molar-refractivity contribution in [2.24, 2.45) is 0 Å². The number of allylic oxidation sites excluding steroid dienone is 1. The van der Waals surface area contributed by atoms with E-state index in [1.165, 1.54) is 0 Å².